The molecule has 0 fully saturated rings. The van der Waals surface area contributed by atoms with Crippen molar-refractivity contribution in [3.63, 3.8) is 0 Å². The molecule has 2 rings (SSSR count). The Morgan fingerprint density at radius 2 is 2.31 bits per heavy atom. The first-order chi connectivity index (χ1) is 6.31. The summed E-state index contributed by atoms with van der Waals surface area (Å²) in [4.78, 5) is 0. The first-order valence-corrected chi connectivity index (χ1v) is 4.47. The van der Waals surface area contributed by atoms with Crippen LogP contribution in [0, 0.1) is 0 Å². The van der Waals surface area contributed by atoms with Gasteiger partial charge in [0.1, 0.15) is 5.75 Å². The van der Waals surface area contributed by atoms with Crippen molar-refractivity contribution in [2.75, 3.05) is 0 Å². The highest BCUT2D eigenvalue weighted by Gasteiger charge is 2.03. The molecule has 1 aromatic carbocycles. The number of nitrogens with zero attached hydrogens (tertiary/aromatic N) is 1. The van der Waals surface area contributed by atoms with E-state index < -0.39 is 0 Å². The van der Waals surface area contributed by atoms with Gasteiger partial charge >= 0.3 is 0 Å². The predicted octanol–water partition coefficient (Wildman–Crippen LogP) is 2.22. The number of benzene rings is 1. The molecule has 2 aromatic rings. The van der Waals surface area contributed by atoms with Gasteiger partial charge in [0.05, 0.1) is 5.52 Å². The van der Waals surface area contributed by atoms with Crippen LogP contribution >= 0.6 is 0 Å². The van der Waals surface area contributed by atoms with E-state index in [0.717, 1.165) is 29.4 Å². The standard InChI is InChI=1S/C10H12N2O/c1-2-3-9-8-5-4-7(13)6-10(8)12-11-9/h4-6,13H,2-3H2,1H3,(H,11,12). The third-order valence-corrected chi connectivity index (χ3v) is 2.12. The third-order valence-electron chi connectivity index (χ3n) is 2.12. The van der Waals surface area contributed by atoms with E-state index in [2.05, 4.69) is 17.1 Å². The Morgan fingerprint density at radius 1 is 1.46 bits per heavy atom. The Balaban J connectivity index is 2.55. The van der Waals surface area contributed by atoms with Gasteiger partial charge in [0, 0.05) is 17.1 Å². The summed E-state index contributed by atoms with van der Waals surface area (Å²) in [6.07, 6.45) is 2.10. The molecule has 0 aliphatic rings. The Labute approximate surface area is 76.4 Å². The average molecular weight is 176 g/mol. The Bertz CT molecular complexity index is 420. The molecule has 0 atom stereocenters. The molecule has 0 saturated heterocycles. The number of hydrogen-bond donors (Lipinski definition) is 2. The molecular formula is C10H12N2O. The summed E-state index contributed by atoms with van der Waals surface area (Å²) in [7, 11) is 0. The van der Waals surface area contributed by atoms with Gasteiger partial charge < -0.3 is 5.11 Å². The second-order valence-electron chi connectivity index (χ2n) is 3.15. The molecule has 0 bridgehead atoms. The zero-order chi connectivity index (χ0) is 9.26. The normalized spacial score (nSPS) is 10.8. The fraction of sp³-hybridized carbons (Fsp3) is 0.300. The molecule has 0 spiro atoms. The van der Waals surface area contributed by atoms with E-state index in [1.54, 1.807) is 12.1 Å². The molecule has 0 aliphatic carbocycles. The number of H-pyrrole nitrogens is 1. The van der Waals surface area contributed by atoms with Gasteiger partial charge in [-0.25, -0.2) is 0 Å². The summed E-state index contributed by atoms with van der Waals surface area (Å²) in [5.74, 6) is 0.266. The Kier molecular flexibility index (Phi) is 1.93. The molecule has 0 radical (unpaired) electrons. The van der Waals surface area contributed by atoms with Crippen LogP contribution in [0.2, 0.25) is 0 Å². The van der Waals surface area contributed by atoms with Crippen molar-refractivity contribution in [2.45, 2.75) is 19.8 Å². The number of aryl methyl sites for hydroxylation is 1. The molecule has 13 heavy (non-hydrogen) atoms. The quantitative estimate of drug-likeness (QED) is 0.737. The number of aromatic hydroxyl groups is 1. The van der Waals surface area contributed by atoms with Crippen molar-refractivity contribution in [2.24, 2.45) is 0 Å². The van der Waals surface area contributed by atoms with Gasteiger partial charge in [0.25, 0.3) is 0 Å². The van der Waals surface area contributed by atoms with Crippen LogP contribution in [0.3, 0.4) is 0 Å². The van der Waals surface area contributed by atoms with Crippen LogP contribution in [0.15, 0.2) is 18.2 Å². The van der Waals surface area contributed by atoms with Crippen molar-refractivity contribution in [1.82, 2.24) is 10.2 Å². The molecule has 68 valence electrons. The van der Waals surface area contributed by atoms with E-state index in [4.69, 9.17) is 0 Å². The van der Waals surface area contributed by atoms with Crippen LogP contribution in [-0.4, -0.2) is 15.3 Å². The average Bonchev–Trinajstić information content (AvgIpc) is 2.49. The third kappa shape index (κ3) is 1.37. The predicted molar refractivity (Wildman–Crippen MR) is 51.8 cm³/mol. The minimum atomic E-state index is 0.266. The van der Waals surface area contributed by atoms with Crippen molar-refractivity contribution >= 4 is 10.9 Å². The summed E-state index contributed by atoms with van der Waals surface area (Å²) in [6.45, 7) is 2.13. The molecule has 0 aliphatic heterocycles. The van der Waals surface area contributed by atoms with Crippen molar-refractivity contribution in [3.8, 4) is 5.75 Å². The molecule has 0 unspecified atom stereocenters. The van der Waals surface area contributed by atoms with E-state index in [0.29, 0.717) is 0 Å². The molecule has 1 aromatic heterocycles. The largest absolute Gasteiger partial charge is 0.508 e. The number of hydrogen-bond acceptors (Lipinski definition) is 2. The monoisotopic (exact) mass is 176 g/mol. The zero-order valence-corrected chi connectivity index (χ0v) is 7.54. The number of aromatic amines is 1. The van der Waals surface area contributed by atoms with Gasteiger partial charge in [-0.3, -0.25) is 5.10 Å². The Morgan fingerprint density at radius 3 is 3.08 bits per heavy atom. The van der Waals surface area contributed by atoms with Crippen LogP contribution in [0.4, 0.5) is 0 Å². The van der Waals surface area contributed by atoms with Crippen LogP contribution in [0.25, 0.3) is 10.9 Å². The number of nitrogens with one attached hydrogen (secondary N) is 1. The fourth-order valence-corrected chi connectivity index (χ4v) is 1.50. The smallest absolute Gasteiger partial charge is 0.117 e. The molecule has 3 nitrogen and oxygen atoms in total. The van der Waals surface area contributed by atoms with E-state index in [-0.39, 0.29) is 5.75 Å². The number of phenols is 1. The lowest BCUT2D eigenvalue weighted by Gasteiger charge is -1.94. The molecule has 1 heterocycles. The van der Waals surface area contributed by atoms with E-state index in [9.17, 15) is 5.11 Å². The summed E-state index contributed by atoms with van der Waals surface area (Å²) < 4.78 is 0. The highest BCUT2D eigenvalue weighted by Crippen LogP contribution is 2.21. The second kappa shape index (κ2) is 3.09. The highest BCUT2D eigenvalue weighted by atomic mass is 16.3. The second-order valence-corrected chi connectivity index (χ2v) is 3.15. The number of rotatable bonds is 2. The maximum Gasteiger partial charge on any atom is 0.117 e. The summed E-state index contributed by atoms with van der Waals surface area (Å²) in [6, 6.07) is 5.27. The van der Waals surface area contributed by atoms with Crippen LogP contribution in [0.5, 0.6) is 5.75 Å². The van der Waals surface area contributed by atoms with Gasteiger partial charge in [0.2, 0.25) is 0 Å². The maximum absolute atomic E-state index is 9.22. The first-order valence-electron chi connectivity index (χ1n) is 4.47. The molecule has 3 heteroatoms. The van der Waals surface area contributed by atoms with Gasteiger partial charge in [0.15, 0.2) is 0 Å². The summed E-state index contributed by atoms with van der Waals surface area (Å²) >= 11 is 0. The lowest BCUT2D eigenvalue weighted by molar-refractivity contribution is 0.476. The van der Waals surface area contributed by atoms with Crippen molar-refractivity contribution < 1.29 is 5.11 Å². The lowest BCUT2D eigenvalue weighted by Crippen LogP contribution is -1.82. The Hall–Kier alpha value is -1.51. The maximum atomic E-state index is 9.22. The van der Waals surface area contributed by atoms with Crippen molar-refractivity contribution in [3.05, 3.63) is 23.9 Å². The van der Waals surface area contributed by atoms with Crippen LogP contribution in [0.1, 0.15) is 19.0 Å². The van der Waals surface area contributed by atoms with Gasteiger partial charge in [-0.1, -0.05) is 13.3 Å². The van der Waals surface area contributed by atoms with E-state index in [1.807, 2.05) is 6.07 Å². The minimum Gasteiger partial charge on any atom is -0.508 e. The first kappa shape index (κ1) is 8.10. The fourth-order valence-electron chi connectivity index (χ4n) is 1.50. The zero-order valence-electron chi connectivity index (χ0n) is 7.54. The van der Waals surface area contributed by atoms with Crippen LogP contribution in [-0.2, 0) is 6.42 Å². The number of phenolic OH excluding ortho intramolecular Hbond substituents is 1. The number of aromatic nitrogens is 2. The number of fused-ring (bicyclic) bond motifs is 1. The van der Waals surface area contributed by atoms with Gasteiger partial charge in [-0.15, -0.1) is 0 Å². The minimum absolute atomic E-state index is 0.266. The summed E-state index contributed by atoms with van der Waals surface area (Å²) in [5.41, 5.74) is 1.99. The van der Waals surface area contributed by atoms with Gasteiger partial charge in [-0.05, 0) is 18.6 Å². The van der Waals surface area contributed by atoms with Crippen molar-refractivity contribution in [1.29, 1.82) is 0 Å². The topological polar surface area (TPSA) is 48.9 Å². The van der Waals surface area contributed by atoms with Crippen LogP contribution < -0.4 is 0 Å². The molecular weight excluding hydrogens is 164 g/mol. The van der Waals surface area contributed by atoms with E-state index >= 15 is 0 Å². The lowest BCUT2D eigenvalue weighted by atomic mass is 10.1. The SMILES string of the molecule is CCCc1[nH]nc2cc(O)ccc12. The molecule has 0 saturated carbocycles. The highest BCUT2D eigenvalue weighted by molar-refractivity contribution is 5.82. The van der Waals surface area contributed by atoms with Gasteiger partial charge in [-0.2, -0.15) is 5.10 Å². The molecule has 2 N–H and O–H groups in total. The van der Waals surface area contributed by atoms with E-state index in [1.165, 1.54) is 0 Å². The molecule has 0 amide bonds. The summed E-state index contributed by atoms with van der Waals surface area (Å²) in [5, 5.41) is 17.4.